The molecule has 2 aromatic rings. The van der Waals surface area contributed by atoms with Crippen LogP contribution in [0.25, 0.3) is 0 Å². The number of halogens is 2. The number of nitrogens with zero attached hydrogens (tertiary/aromatic N) is 4. The second-order valence-electron chi connectivity index (χ2n) is 8.41. The molecule has 0 saturated carbocycles. The van der Waals surface area contributed by atoms with Crippen molar-refractivity contribution in [3.05, 3.63) is 63.1 Å². The van der Waals surface area contributed by atoms with E-state index in [1.54, 1.807) is 0 Å². The number of piperazine rings is 1. The Bertz CT molecular complexity index is 1110. The highest BCUT2D eigenvalue weighted by Gasteiger charge is 2.37. The normalized spacial score (nSPS) is 19.2. The summed E-state index contributed by atoms with van der Waals surface area (Å²) >= 11 is 12.7. The predicted octanol–water partition coefficient (Wildman–Crippen LogP) is 3.13. The molecule has 1 N–H and O–H groups in total. The van der Waals surface area contributed by atoms with Gasteiger partial charge in [0, 0.05) is 44.7 Å². The molecular weight excluding hydrogens is 465 g/mol. The largest absolute Gasteiger partial charge is 0.367 e. The van der Waals surface area contributed by atoms with Crippen LogP contribution < -0.4 is 10.2 Å². The molecule has 0 aromatic heterocycles. The standard InChI is InChI=1S/C23H23Cl2N5O3/c24-18-2-1-3-19(25)21(18)28-10-8-27(9-11-28)13-15-4-5-17-16(12-15)14-30(22(17)32)29-7-6-20(31)26-23(29)33/h1-5,12H,6-11,13-14H2,(H,26,31,33). The second kappa shape index (κ2) is 8.85. The van der Waals surface area contributed by atoms with Crippen LogP contribution >= 0.6 is 23.2 Å². The number of anilines is 1. The van der Waals surface area contributed by atoms with Crippen molar-refractivity contribution in [2.75, 3.05) is 37.6 Å². The molecule has 0 radical (unpaired) electrons. The predicted molar refractivity (Wildman–Crippen MR) is 125 cm³/mol. The molecule has 0 atom stereocenters. The van der Waals surface area contributed by atoms with Gasteiger partial charge in [0.05, 0.1) is 28.8 Å². The van der Waals surface area contributed by atoms with Gasteiger partial charge >= 0.3 is 6.03 Å². The van der Waals surface area contributed by atoms with Crippen molar-refractivity contribution >= 4 is 46.7 Å². The number of amides is 4. The molecule has 5 rings (SSSR count). The number of hydrogen-bond donors (Lipinski definition) is 1. The zero-order valence-electron chi connectivity index (χ0n) is 17.9. The Morgan fingerprint density at radius 3 is 2.30 bits per heavy atom. The first-order valence-corrected chi connectivity index (χ1v) is 11.6. The van der Waals surface area contributed by atoms with Crippen LogP contribution in [-0.4, -0.2) is 65.5 Å². The molecule has 172 valence electrons. The molecule has 2 aromatic carbocycles. The minimum absolute atomic E-state index is 0.183. The summed E-state index contributed by atoms with van der Waals surface area (Å²) in [6, 6.07) is 10.9. The van der Waals surface area contributed by atoms with Gasteiger partial charge in [0.25, 0.3) is 5.91 Å². The van der Waals surface area contributed by atoms with E-state index >= 15 is 0 Å². The van der Waals surface area contributed by atoms with Crippen molar-refractivity contribution in [2.45, 2.75) is 19.5 Å². The number of rotatable bonds is 4. The van der Waals surface area contributed by atoms with Crippen LogP contribution in [0.5, 0.6) is 0 Å². The Kier molecular flexibility index (Phi) is 5.90. The van der Waals surface area contributed by atoms with E-state index in [1.807, 2.05) is 36.4 Å². The summed E-state index contributed by atoms with van der Waals surface area (Å²) in [5.41, 5.74) is 3.50. The molecule has 3 aliphatic heterocycles. The summed E-state index contributed by atoms with van der Waals surface area (Å²) in [6.45, 7) is 4.67. The van der Waals surface area contributed by atoms with E-state index in [2.05, 4.69) is 15.1 Å². The quantitative estimate of drug-likeness (QED) is 0.716. The average molecular weight is 488 g/mol. The van der Waals surface area contributed by atoms with Crippen molar-refractivity contribution in [2.24, 2.45) is 0 Å². The van der Waals surface area contributed by atoms with Crippen LogP contribution in [0.1, 0.15) is 27.9 Å². The molecule has 3 heterocycles. The van der Waals surface area contributed by atoms with Crippen LogP contribution in [0.15, 0.2) is 36.4 Å². The molecule has 0 spiro atoms. The highest BCUT2D eigenvalue weighted by atomic mass is 35.5. The van der Waals surface area contributed by atoms with Gasteiger partial charge in [-0.25, -0.2) is 14.8 Å². The van der Waals surface area contributed by atoms with E-state index in [0.717, 1.165) is 49.5 Å². The highest BCUT2D eigenvalue weighted by molar-refractivity contribution is 6.39. The Morgan fingerprint density at radius 2 is 1.61 bits per heavy atom. The molecule has 2 fully saturated rings. The van der Waals surface area contributed by atoms with Crippen molar-refractivity contribution in [3.8, 4) is 0 Å². The fourth-order valence-corrected chi connectivity index (χ4v) is 5.25. The third kappa shape index (κ3) is 4.26. The first-order valence-electron chi connectivity index (χ1n) is 10.9. The number of hydrazine groups is 1. The monoisotopic (exact) mass is 487 g/mol. The van der Waals surface area contributed by atoms with E-state index in [4.69, 9.17) is 23.2 Å². The van der Waals surface area contributed by atoms with Gasteiger partial charge < -0.3 is 4.90 Å². The average Bonchev–Trinajstić information content (AvgIpc) is 3.10. The molecule has 10 heteroatoms. The van der Waals surface area contributed by atoms with Crippen LogP contribution in [0.3, 0.4) is 0 Å². The summed E-state index contributed by atoms with van der Waals surface area (Å²) in [4.78, 5) is 41.0. The van der Waals surface area contributed by atoms with Crippen LogP contribution in [0, 0.1) is 0 Å². The minimum Gasteiger partial charge on any atom is -0.367 e. The maximum Gasteiger partial charge on any atom is 0.342 e. The van der Waals surface area contributed by atoms with E-state index in [9.17, 15) is 14.4 Å². The molecule has 3 aliphatic rings. The molecular formula is C23H23Cl2N5O3. The van der Waals surface area contributed by atoms with Gasteiger partial charge in [-0.15, -0.1) is 0 Å². The van der Waals surface area contributed by atoms with Gasteiger partial charge in [0.15, 0.2) is 0 Å². The number of imide groups is 1. The Hall–Kier alpha value is -2.81. The van der Waals surface area contributed by atoms with E-state index in [-0.39, 0.29) is 24.8 Å². The van der Waals surface area contributed by atoms with Crippen molar-refractivity contribution < 1.29 is 14.4 Å². The molecule has 0 bridgehead atoms. The minimum atomic E-state index is -0.552. The fraction of sp³-hybridized carbons (Fsp3) is 0.348. The number of fused-ring (bicyclic) bond motifs is 1. The molecule has 4 amide bonds. The first kappa shape index (κ1) is 22.0. The number of hydrogen-bond acceptors (Lipinski definition) is 5. The topological polar surface area (TPSA) is 76.2 Å². The van der Waals surface area contributed by atoms with Crippen LogP contribution in [0.4, 0.5) is 10.5 Å². The lowest BCUT2D eigenvalue weighted by Gasteiger charge is -2.37. The molecule has 0 aliphatic carbocycles. The highest BCUT2D eigenvalue weighted by Crippen LogP contribution is 2.34. The Balaban J connectivity index is 1.23. The third-order valence-corrected chi connectivity index (χ3v) is 6.92. The molecule has 33 heavy (non-hydrogen) atoms. The van der Waals surface area contributed by atoms with Crippen LogP contribution in [-0.2, 0) is 17.9 Å². The van der Waals surface area contributed by atoms with Gasteiger partial charge in [-0.3, -0.25) is 19.8 Å². The number of carbonyl (C=O) groups is 3. The number of carbonyl (C=O) groups excluding carboxylic acids is 3. The lowest BCUT2D eigenvalue weighted by molar-refractivity contribution is -0.123. The summed E-state index contributed by atoms with van der Waals surface area (Å²) in [7, 11) is 0. The summed E-state index contributed by atoms with van der Waals surface area (Å²) in [5, 5.41) is 6.33. The summed E-state index contributed by atoms with van der Waals surface area (Å²) < 4.78 is 0. The van der Waals surface area contributed by atoms with Gasteiger partial charge in [0.1, 0.15) is 0 Å². The lowest BCUT2D eigenvalue weighted by atomic mass is 10.1. The maximum absolute atomic E-state index is 12.8. The third-order valence-electron chi connectivity index (χ3n) is 6.31. The Labute approximate surface area is 201 Å². The molecule has 0 unspecified atom stereocenters. The lowest BCUT2D eigenvalue weighted by Crippen LogP contribution is -2.56. The van der Waals surface area contributed by atoms with Crippen LogP contribution in [0.2, 0.25) is 10.0 Å². The zero-order chi connectivity index (χ0) is 23.1. The van der Waals surface area contributed by atoms with Gasteiger partial charge in [-0.1, -0.05) is 41.4 Å². The number of urea groups is 1. The smallest absolute Gasteiger partial charge is 0.342 e. The van der Waals surface area contributed by atoms with Gasteiger partial charge in [-0.05, 0) is 29.3 Å². The second-order valence-corrected chi connectivity index (χ2v) is 9.23. The Morgan fingerprint density at radius 1 is 0.879 bits per heavy atom. The number of nitrogens with one attached hydrogen (secondary N) is 1. The van der Waals surface area contributed by atoms with Crippen molar-refractivity contribution in [1.29, 1.82) is 0 Å². The number of benzene rings is 2. The van der Waals surface area contributed by atoms with E-state index < -0.39 is 6.03 Å². The van der Waals surface area contributed by atoms with Gasteiger partial charge in [-0.2, -0.15) is 0 Å². The van der Waals surface area contributed by atoms with E-state index in [0.29, 0.717) is 22.2 Å². The molecule has 8 nitrogen and oxygen atoms in total. The summed E-state index contributed by atoms with van der Waals surface area (Å²) in [5.74, 6) is -0.536. The SMILES string of the molecule is O=C1CCN(N2Cc3cc(CN4CCN(c5c(Cl)cccc5Cl)CC4)ccc3C2=O)C(=O)N1. The number of para-hydroxylation sites is 1. The first-order chi connectivity index (χ1) is 15.9. The van der Waals surface area contributed by atoms with Crippen molar-refractivity contribution in [3.63, 3.8) is 0 Å². The van der Waals surface area contributed by atoms with Gasteiger partial charge in [0.2, 0.25) is 5.91 Å². The maximum atomic E-state index is 12.8. The molecule has 2 saturated heterocycles. The zero-order valence-corrected chi connectivity index (χ0v) is 19.4. The van der Waals surface area contributed by atoms with Crippen molar-refractivity contribution in [1.82, 2.24) is 20.2 Å². The fourth-order valence-electron chi connectivity index (χ4n) is 4.62. The summed E-state index contributed by atoms with van der Waals surface area (Å²) in [6.07, 6.45) is 0.183. The van der Waals surface area contributed by atoms with E-state index in [1.165, 1.54) is 10.0 Å².